The van der Waals surface area contributed by atoms with Crippen LogP contribution in [0.15, 0.2) is 18.8 Å². The first-order valence-electron chi connectivity index (χ1n) is 18.3. The van der Waals surface area contributed by atoms with Crippen LogP contribution >= 0.6 is 22.6 Å². The first-order valence-corrected chi connectivity index (χ1v) is 22.2. The smallest absolute Gasteiger partial charge is 0.246 e. The van der Waals surface area contributed by atoms with Gasteiger partial charge in [0.15, 0.2) is 14.5 Å². The highest BCUT2D eigenvalue weighted by molar-refractivity contribution is 14.1. The summed E-state index contributed by atoms with van der Waals surface area (Å²) in [6, 6.07) is 2.08. The van der Waals surface area contributed by atoms with Crippen molar-refractivity contribution in [3.05, 3.63) is 39.5 Å². The first-order chi connectivity index (χ1) is 24.2. The summed E-state index contributed by atoms with van der Waals surface area (Å²) in [5, 5.41) is 15.5. The SMILES string of the molecule is C=Cc1nn(C2CCCCO2)c2c(C)nc(-c3cnn(C)c3O[C@@H](C)CN(CC)Cc3c(I)c(OCC)nn3CCO[Si](C)(C)C(C)(C)C)cc12. The molecule has 2 atom stereocenters. The summed E-state index contributed by atoms with van der Waals surface area (Å²) in [5.74, 6) is 1.35. The number of rotatable bonds is 16. The van der Waals surface area contributed by atoms with Gasteiger partial charge in [-0.2, -0.15) is 10.2 Å². The molecule has 12 nitrogen and oxygen atoms in total. The largest absolute Gasteiger partial charge is 0.476 e. The fourth-order valence-electron chi connectivity index (χ4n) is 6.25. The van der Waals surface area contributed by atoms with E-state index in [0.717, 1.165) is 75.2 Å². The Morgan fingerprint density at radius 3 is 2.63 bits per heavy atom. The zero-order valence-corrected chi connectivity index (χ0v) is 35.4. The highest BCUT2D eigenvalue weighted by Crippen LogP contribution is 2.37. The predicted molar refractivity (Wildman–Crippen MR) is 214 cm³/mol. The van der Waals surface area contributed by atoms with Crippen LogP contribution in [0.5, 0.6) is 11.8 Å². The molecular formula is C37H57IN8O4Si. The third-order valence-corrected chi connectivity index (χ3v) is 15.8. The molecule has 1 saturated heterocycles. The van der Waals surface area contributed by atoms with Gasteiger partial charge >= 0.3 is 0 Å². The van der Waals surface area contributed by atoms with Gasteiger partial charge in [-0.3, -0.25) is 14.6 Å². The van der Waals surface area contributed by atoms with E-state index in [1.807, 2.05) is 31.8 Å². The Bertz CT molecular complexity index is 1800. The molecule has 4 aromatic heterocycles. The molecule has 280 valence electrons. The molecular weight excluding hydrogens is 775 g/mol. The van der Waals surface area contributed by atoms with Crippen LogP contribution in [0.25, 0.3) is 28.2 Å². The average Bonchev–Trinajstić information content (AvgIpc) is 3.74. The third kappa shape index (κ3) is 8.72. The lowest BCUT2D eigenvalue weighted by Gasteiger charge is -2.36. The lowest BCUT2D eigenvalue weighted by atomic mass is 10.1. The van der Waals surface area contributed by atoms with Crippen molar-refractivity contribution in [2.24, 2.45) is 7.05 Å². The van der Waals surface area contributed by atoms with E-state index in [4.69, 9.17) is 33.8 Å². The van der Waals surface area contributed by atoms with Gasteiger partial charge in [-0.15, -0.1) is 5.10 Å². The summed E-state index contributed by atoms with van der Waals surface area (Å²) in [5.41, 5.74) is 5.42. The molecule has 0 saturated carbocycles. The van der Waals surface area contributed by atoms with E-state index in [9.17, 15) is 0 Å². The van der Waals surface area contributed by atoms with Gasteiger partial charge in [0.25, 0.3) is 0 Å². The molecule has 5 rings (SSSR count). The van der Waals surface area contributed by atoms with Gasteiger partial charge in [-0.25, -0.2) is 9.36 Å². The highest BCUT2D eigenvalue weighted by atomic mass is 127. The van der Waals surface area contributed by atoms with Crippen LogP contribution in [0.4, 0.5) is 0 Å². The van der Waals surface area contributed by atoms with Crippen LogP contribution in [0.2, 0.25) is 18.1 Å². The van der Waals surface area contributed by atoms with Crippen molar-refractivity contribution in [1.29, 1.82) is 0 Å². The Morgan fingerprint density at radius 1 is 1.22 bits per heavy atom. The Kier molecular flexibility index (Phi) is 12.7. The Balaban J connectivity index is 1.34. The van der Waals surface area contributed by atoms with E-state index in [2.05, 4.69) is 97.6 Å². The van der Waals surface area contributed by atoms with Crippen LogP contribution in [-0.4, -0.2) is 86.6 Å². The minimum atomic E-state index is -1.88. The molecule has 1 fully saturated rings. The molecule has 0 aliphatic carbocycles. The van der Waals surface area contributed by atoms with Crippen LogP contribution in [0.3, 0.4) is 0 Å². The van der Waals surface area contributed by atoms with Crippen molar-refractivity contribution in [2.45, 2.75) is 111 Å². The van der Waals surface area contributed by atoms with Crippen LogP contribution < -0.4 is 9.47 Å². The van der Waals surface area contributed by atoms with Gasteiger partial charge in [0.1, 0.15) is 6.10 Å². The molecule has 5 heterocycles. The third-order valence-electron chi connectivity index (χ3n) is 10.1. The van der Waals surface area contributed by atoms with Crippen LogP contribution in [-0.2, 0) is 29.3 Å². The molecule has 1 unspecified atom stereocenters. The number of pyridine rings is 1. The van der Waals surface area contributed by atoms with E-state index in [0.29, 0.717) is 44.6 Å². The summed E-state index contributed by atoms with van der Waals surface area (Å²) in [7, 11) is 0.0282. The summed E-state index contributed by atoms with van der Waals surface area (Å²) in [6.07, 6.45) is 6.53. The van der Waals surface area contributed by atoms with Crippen molar-refractivity contribution in [3.63, 3.8) is 0 Å². The second-order valence-electron chi connectivity index (χ2n) is 14.9. The molecule has 4 aromatic rings. The minimum Gasteiger partial charge on any atom is -0.476 e. The number of fused-ring (bicyclic) bond motifs is 1. The van der Waals surface area contributed by atoms with Crippen LogP contribution in [0, 0.1) is 10.5 Å². The molecule has 1 aliphatic rings. The van der Waals surface area contributed by atoms with E-state index >= 15 is 0 Å². The number of hydrogen-bond acceptors (Lipinski definition) is 9. The first kappa shape index (κ1) is 39.4. The van der Waals surface area contributed by atoms with Crippen molar-refractivity contribution < 1.29 is 18.6 Å². The summed E-state index contributed by atoms with van der Waals surface area (Å²) in [4.78, 5) is 7.44. The zero-order valence-electron chi connectivity index (χ0n) is 32.3. The normalized spacial score (nSPS) is 16.3. The van der Waals surface area contributed by atoms with Gasteiger partial charge in [0, 0.05) is 32.1 Å². The average molecular weight is 833 g/mol. The fourth-order valence-corrected chi connectivity index (χ4v) is 8.00. The lowest BCUT2D eigenvalue weighted by Crippen LogP contribution is -2.41. The molecule has 1 aliphatic heterocycles. The standard InChI is InChI=1S/C37H57IN8O4Si/c1-12-29-27-21-30(40-26(5)34(27)46(41-29)32-17-15-16-19-48-32)28-22-39-43(9)36(28)50-25(4)23-44(13-2)24-31-33(38)35(47-14-3)42-45(31)18-20-49-51(10,11)37(6,7)8/h12,21-22,25,32H,1,13-20,23-24H2,2-11H3/t25-,32?/m0/s1. The zero-order chi connectivity index (χ0) is 37.1. The summed E-state index contributed by atoms with van der Waals surface area (Å²) < 4.78 is 32.1. The maximum Gasteiger partial charge on any atom is 0.246 e. The van der Waals surface area contributed by atoms with Crippen molar-refractivity contribution >= 4 is 47.9 Å². The van der Waals surface area contributed by atoms with Crippen molar-refractivity contribution in [1.82, 2.24) is 39.2 Å². The lowest BCUT2D eigenvalue weighted by molar-refractivity contribution is -0.0368. The molecule has 0 aromatic carbocycles. The van der Waals surface area contributed by atoms with E-state index < -0.39 is 8.32 Å². The Morgan fingerprint density at radius 2 is 1.98 bits per heavy atom. The minimum absolute atomic E-state index is 0.0933. The second kappa shape index (κ2) is 16.5. The van der Waals surface area contributed by atoms with E-state index in [-0.39, 0.29) is 17.4 Å². The van der Waals surface area contributed by atoms with Gasteiger partial charge in [-0.05, 0) is 99.4 Å². The number of aromatic nitrogens is 7. The van der Waals surface area contributed by atoms with E-state index in [1.165, 1.54) is 0 Å². The number of halogens is 1. The van der Waals surface area contributed by atoms with Crippen molar-refractivity contribution in [3.8, 4) is 23.0 Å². The molecule has 51 heavy (non-hydrogen) atoms. The Labute approximate surface area is 318 Å². The van der Waals surface area contributed by atoms with Gasteiger partial charge < -0.3 is 18.6 Å². The van der Waals surface area contributed by atoms with Crippen LogP contribution in [0.1, 0.15) is 84.1 Å². The van der Waals surface area contributed by atoms with Crippen molar-refractivity contribution in [2.75, 3.05) is 32.9 Å². The fraction of sp³-hybridized carbons (Fsp3) is 0.622. The quantitative estimate of drug-likeness (QED) is 0.0821. The Hall–Kier alpha value is -2.79. The predicted octanol–water partition coefficient (Wildman–Crippen LogP) is 7.99. The molecule has 0 spiro atoms. The number of aryl methyl sites for hydroxylation is 2. The molecule has 0 N–H and O–H groups in total. The number of likely N-dealkylation sites (N-methyl/N-ethyl adjacent to an activating group) is 1. The summed E-state index contributed by atoms with van der Waals surface area (Å²) in [6.45, 7) is 28.6. The topological polar surface area (TPSA) is 107 Å². The van der Waals surface area contributed by atoms with Gasteiger partial charge in [0.05, 0.1) is 63.4 Å². The van der Waals surface area contributed by atoms with E-state index in [1.54, 1.807) is 10.8 Å². The number of ether oxygens (including phenoxy) is 3. The monoisotopic (exact) mass is 832 g/mol. The molecule has 0 bridgehead atoms. The van der Waals surface area contributed by atoms with Gasteiger partial charge in [0.2, 0.25) is 11.8 Å². The molecule has 0 radical (unpaired) electrons. The summed E-state index contributed by atoms with van der Waals surface area (Å²) >= 11 is 2.37. The molecule has 14 heteroatoms. The molecule has 0 amide bonds. The highest BCUT2D eigenvalue weighted by Gasteiger charge is 2.37. The maximum atomic E-state index is 6.68. The number of nitrogens with zero attached hydrogens (tertiary/aromatic N) is 8. The van der Waals surface area contributed by atoms with Gasteiger partial charge in [-0.1, -0.05) is 34.3 Å². The maximum absolute atomic E-state index is 6.68. The number of hydrogen-bond donors (Lipinski definition) is 0. The second-order valence-corrected chi connectivity index (χ2v) is 20.8.